The van der Waals surface area contributed by atoms with Crippen LogP contribution in [0.1, 0.15) is 17.9 Å². The summed E-state index contributed by atoms with van der Waals surface area (Å²) in [5.74, 6) is -0.734. The first-order valence-electron chi connectivity index (χ1n) is 8.81. The number of benzene rings is 2. The van der Waals surface area contributed by atoms with E-state index < -0.39 is 10.8 Å². The molecule has 1 saturated heterocycles. The van der Waals surface area contributed by atoms with E-state index in [1.54, 1.807) is 35.2 Å². The van der Waals surface area contributed by atoms with E-state index in [1.165, 1.54) is 34.9 Å². The molecule has 2 aliphatic heterocycles. The van der Waals surface area contributed by atoms with Crippen molar-refractivity contribution in [3.63, 3.8) is 0 Å². The number of carbonyl (C=O) groups is 1. The minimum Gasteiger partial charge on any atom is -0.341 e. The number of nitro groups is 1. The fraction of sp³-hybridized carbons (Fsp3) is 0.200. The number of hydrogen-bond donors (Lipinski definition) is 0. The Kier molecular flexibility index (Phi) is 4.94. The van der Waals surface area contributed by atoms with Gasteiger partial charge in [-0.1, -0.05) is 36.0 Å². The van der Waals surface area contributed by atoms with Crippen LogP contribution < -0.4 is 4.90 Å². The van der Waals surface area contributed by atoms with E-state index in [-0.39, 0.29) is 30.5 Å². The Hall–Kier alpha value is -3.38. The molecule has 0 spiro atoms. The van der Waals surface area contributed by atoms with Crippen LogP contribution in [0.5, 0.6) is 0 Å². The number of rotatable bonds is 3. The number of amides is 1. The smallest absolute Gasteiger partial charge is 0.269 e. The van der Waals surface area contributed by atoms with Crippen molar-refractivity contribution in [1.82, 2.24) is 4.90 Å². The molecule has 4 rings (SSSR count). The van der Waals surface area contributed by atoms with E-state index in [4.69, 9.17) is 0 Å². The number of nitriles is 1. The fourth-order valence-electron chi connectivity index (χ4n) is 3.56. The third kappa shape index (κ3) is 3.43. The van der Waals surface area contributed by atoms with Crippen molar-refractivity contribution in [3.05, 3.63) is 80.6 Å². The number of carbonyl (C=O) groups excluding carboxylic acids is 1. The molecule has 2 aromatic rings. The van der Waals surface area contributed by atoms with Gasteiger partial charge in [-0.3, -0.25) is 19.8 Å². The number of thioether (sulfide) groups is 1. The highest BCUT2D eigenvalue weighted by Gasteiger charge is 2.39. The van der Waals surface area contributed by atoms with Crippen molar-refractivity contribution < 1.29 is 14.1 Å². The number of halogens is 1. The summed E-state index contributed by atoms with van der Waals surface area (Å²) in [5.41, 5.74) is 1.28. The maximum absolute atomic E-state index is 14.2. The summed E-state index contributed by atoms with van der Waals surface area (Å²) in [5, 5.41) is 21.4. The molecule has 1 atom stereocenters. The zero-order valence-electron chi connectivity index (χ0n) is 15.1. The Morgan fingerprint density at radius 1 is 1.24 bits per heavy atom. The van der Waals surface area contributed by atoms with Crippen molar-refractivity contribution in [2.45, 2.75) is 12.3 Å². The normalized spacial score (nSPS) is 19.0. The van der Waals surface area contributed by atoms with Gasteiger partial charge in [-0.05, 0) is 17.7 Å². The molecule has 1 fully saturated rings. The minimum absolute atomic E-state index is 0.0270. The molecule has 1 amide bonds. The number of nitro benzene ring substituents is 1. The first kappa shape index (κ1) is 19.0. The molecular formula is C20H15FN4O3S. The van der Waals surface area contributed by atoms with Gasteiger partial charge in [-0.15, -0.1) is 0 Å². The molecule has 0 bridgehead atoms. The van der Waals surface area contributed by atoms with Gasteiger partial charge in [-0.2, -0.15) is 5.26 Å². The topological polar surface area (TPSA) is 90.5 Å². The Bertz CT molecular complexity index is 1080. The van der Waals surface area contributed by atoms with Crippen LogP contribution in [0.4, 0.5) is 15.8 Å². The van der Waals surface area contributed by atoms with E-state index >= 15 is 0 Å². The maximum atomic E-state index is 14.2. The van der Waals surface area contributed by atoms with E-state index in [0.29, 0.717) is 27.7 Å². The van der Waals surface area contributed by atoms with Crippen molar-refractivity contribution >= 4 is 29.0 Å². The molecule has 7 nitrogen and oxygen atoms in total. The van der Waals surface area contributed by atoms with Crippen molar-refractivity contribution in [1.29, 1.82) is 5.26 Å². The van der Waals surface area contributed by atoms with Gasteiger partial charge in [0, 0.05) is 24.5 Å². The highest BCUT2D eigenvalue weighted by Crippen LogP contribution is 2.43. The molecule has 2 heterocycles. The Morgan fingerprint density at radius 2 is 2.03 bits per heavy atom. The van der Waals surface area contributed by atoms with E-state index in [1.807, 2.05) is 0 Å². The largest absolute Gasteiger partial charge is 0.341 e. The van der Waals surface area contributed by atoms with Crippen LogP contribution in [0.3, 0.4) is 0 Å². The molecule has 0 unspecified atom stereocenters. The molecule has 146 valence electrons. The van der Waals surface area contributed by atoms with Crippen molar-refractivity contribution in [2.24, 2.45) is 0 Å². The van der Waals surface area contributed by atoms with Crippen molar-refractivity contribution in [2.75, 3.05) is 17.4 Å². The van der Waals surface area contributed by atoms with Crippen LogP contribution in [0, 0.1) is 27.3 Å². The monoisotopic (exact) mass is 410 g/mol. The van der Waals surface area contributed by atoms with Gasteiger partial charge >= 0.3 is 0 Å². The molecule has 29 heavy (non-hydrogen) atoms. The highest BCUT2D eigenvalue weighted by atomic mass is 32.2. The number of fused-ring (bicyclic) bond motifs is 1. The second-order valence-electron chi connectivity index (χ2n) is 6.67. The first-order chi connectivity index (χ1) is 14.0. The lowest BCUT2D eigenvalue weighted by atomic mass is 9.86. The molecule has 0 aliphatic carbocycles. The van der Waals surface area contributed by atoms with Crippen molar-refractivity contribution in [3.8, 4) is 6.07 Å². The van der Waals surface area contributed by atoms with Gasteiger partial charge in [0.1, 0.15) is 5.82 Å². The second kappa shape index (κ2) is 7.56. The van der Waals surface area contributed by atoms with Gasteiger partial charge in [0.25, 0.3) is 5.69 Å². The van der Waals surface area contributed by atoms with Crippen LogP contribution in [0.25, 0.3) is 0 Å². The van der Waals surface area contributed by atoms with E-state index in [9.17, 15) is 24.6 Å². The predicted molar refractivity (Wildman–Crippen MR) is 106 cm³/mol. The Morgan fingerprint density at radius 3 is 2.76 bits per heavy atom. The lowest BCUT2D eigenvalue weighted by molar-refractivity contribution is -0.384. The average molecular weight is 410 g/mol. The molecule has 2 aliphatic rings. The number of anilines is 1. The van der Waals surface area contributed by atoms with E-state index in [2.05, 4.69) is 6.07 Å². The van der Waals surface area contributed by atoms with E-state index in [0.717, 1.165) is 0 Å². The maximum Gasteiger partial charge on any atom is 0.269 e. The summed E-state index contributed by atoms with van der Waals surface area (Å²) < 4.78 is 14.2. The van der Waals surface area contributed by atoms with Crippen LogP contribution in [0.15, 0.2) is 59.1 Å². The van der Waals surface area contributed by atoms with Gasteiger partial charge < -0.3 is 4.90 Å². The molecule has 0 saturated carbocycles. The molecular weight excluding hydrogens is 395 g/mol. The fourth-order valence-corrected chi connectivity index (χ4v) is 4.72. The third-order valence-corrected chi connectivity index (χ3v) is 6.12. The van der Waals surface area contributed by atoms with Gasteiger partial charge in [0.15, 0.2) is 0 Å². The molecule has 9 heteroatoms. The number of allylic oxidation sites excluding steroid dienone is 1. The molecule has 0 N–H and O–H groups in total. The lowest BCUT2D eigenvalue weighted by Crippen LogP contribution is -2.47. The third-order valence-electron chi connectivity index (χ3n) is 4.97. The summed E-state index contributed by atoms with van der Waals surface area (Å²) >= 11 is 1.29. The van der Waals surface area contributed by atoms with Gasteiger partial charge in [0.2, 0.25) is 5.91 Å². The summed E-state index contributed by atoms with van der Waals surface area (Å²) in [6, 6.07) is 14.6. The molecule has 2 aromatic carbocycles. The SMILES string of the molecule is N#CC1=C2SCN(c3ccccc3F)CN2C(=O)C[C@H]1c1cccc([N+](=O)[O-])c1. The summed E-state index contributed by atoms with van der Waals surface area (Å²) in [4.78, 5) is 26.7. The second-order valence-corrected chi connectivity index (χ2v) is 7.60. The predicted octanol–water partition coefficient (Wildman–Crippen LogP) is 3.95. The zero-order chi connectivity index (χ0) is 20.5. The molecule has 0 radical (unpaired) electrons. The zero-order valence-corrected chi connectivity index (χ0v) is 15.9. The highest BCUT2D eigenvalue weighted by molar-refractivity contribution is 8.03. The summed E-state index contributed by atoms with van der Waals surface area (Å²) in [6.45, 7) is 0.148. The van der Waals surface area contributed by atoms with Crippen LogP contribution in [-0.4, -0.2) is 28.3 Å². The number of nitrogens with zero attached hydrogens (tertiary/aromatic N) is 4. The molecule has 0 aromatic heterocycles. The Balaban J connectivity index is 1.69. The van der Waals surface area contributed by atoms with Gasteiger partial charge in [-0.25, -0.2) is 4.39 Å². The van der Waals surface area contributed by atoms with Gasteiger partial charge in [0.05, 0.1) is 39.8 Å². The van der Waals surface area contributed by atoms with Crippen LogP contribution >= 0.6 is 11.8 Å². The lowest BCUT2D eigenvalue weighted by Gasteiger charge is -2.42. The number of non-ortho nitro benzene ring substituents is 1. The summed E-state index contributed by atoms with van der Waals surface area (Å²) in [6.07, 6.45) is 0.0270. The summed E-state index contributed by atoms with van der Waals surface area (Å²) in [7, 11) is 0. The quantitative estimate of drug-likeness (QED) is 0.562. The van der Waals surface area contributed by atoms with Crippen LogP contribution in [-0.2, 0) is 4.79 Å². The number of para-hydroxylation sites is 1. The minimum atomic E-state index is -0.536. The average Bonchev–Trinajstić information content (AvgIpc) is 2.74. The first-order valence-corrected chi connectivity index (χ1v) is 9.79. The van der Waals surface area contributed by atoms with Crippen LogP contribution in [0.2, 0.25) is 0 Å². The number of hydrogen-bond acceptors (Lipinski definition) is 6. The Labute approximate surface area is 170 Å². The standard InChI is InChI=1S/C20H15FN4O3S/c21-17-6-1-2-7-18(17)23-11-24-19(26)9-15(16(10-22)20(24)29-12-23)13-4-3-5-14(8-13)25(27)28/h1-8,15H,9,11-12H2/t15-/m0/s1.